The molecule has 1 N–H and O–H groups in total. The third kappa shape index (κ3) is 6.45. The minimum absolute atomic E-state index is 0.00747. The van der Waals surface area contributed by atoms with Crippen molar-refractivity contribution in [3.05, 3.63) is 173 Å². The lowest BCUT2D eigenvalue weighted by atomic mass is 9.85. The van der Waals surface area contributed by atoms with E-state index in [4.69, 9.17) is 9.47 Å². The first-order valence-corrected chi connectivity index (χ1v) is 15.8. The van der Waals surface area contributed by atoms with Crippen LogP contribution in [0.15, 0.2) is 133 Å². The molecule has 6 rings (SSSR count). The van der Waals surface area contributed by atoms with Crippen molar-refractivity contribution in [2.75, 3.05) is 11.5 Å². The number of carbonyl (C=O) groups is 2. The van der Waals surface area contributed by atoms with E-state index >= 15 is 9.18 Å². The van der Waals surface area contributed by atoms with Gasteiger partial charge in [0.05, 0.1) is 31.5 Å². The summed E-state index contributed by atoms with van der Waals surface area (Å²) in [6.07, 6.45) is 0. The van der Waals surface area contributed by atoms with Crippen LogP contribution in [-0.2, 0) is 37.8 Å². The monoisotopic (exact) mass is 628 g/mol. The standard InChI is InChI=1S/C40H37FN2O4/c1-3-46-38(44)37(42-36(30-18-9-5-10-19-30)31-20-11-6-12-21-31)40(47-27-32-22-14-13-15-28(32)2)34-25-33(41)23-24-35(34)43(39(40)45)26-29-16-7-4-8-17-29/h4-25,36-37,42H,3,26-27H2,1-2H3. The molecule has 0 saturated carbocycles. The molecule has 2 unspecified atom stereocenters. The number of hydrogen-bond acceptors (Lipinski definition) is 5. The molecule has 5 aromatic carbocycles. The van der Waals surface area contributed by atoms with Gasteiger partial charge in [0.1, 0.15) is 11.9 Å². The van der Waals surface area contributed by atoms with Crippen molar-refractivity contribution >= 4 is 17.6 Å². The number of ether oxygens (including phenoxy) is 2. The van der Waals surface area contributed by atoms with Gasteiger partial charge in [0.25, 0.3) is 5.91 Å². The van der Waals surface area contributed by atoms with Crippen LogP contribution in [0.1, 0.15) is 46.3 Å². The largest absolute Gasteiger partial charge is 0.465 e. The maximum atomic E-state index is 15.3. The van der Waals surface area contributed by atoms with Crippen LogP contribution < -0.4 is 10.2 Å². The molecule has 1 heterocycles. The van der Waals surface area contributed by atoms with E-state index in [9.17, 15) is 4.79 Å². The molecule has 1 aliphatic rings. The van der Waals surface area contributed by atoms with Crippen LogP contribution in [-0.4, -0.2) is 24.5 Å². The Hall–Kier alpha value is -5.11. The number of rotatable bonds is 12. The molecule has 6 nitrogen and oxygen atoms in total. The summed E-state index contributed by atoms with van der Waals surface area (Å²) in [6, 6.07) is 38.9. The molecular weight excluding hydrogens is 591 g/mol. The number of nitrogens with one attached hydrogen (secondary N) is 1. The fourth-order valence-corrected chi connectivity index (χ4v) is 6.27. The second kappa shape index (κ2) is 14.1. The Labute approximate surface area is 274 Å². The van der Waals surface area contributed by atoms with Crippen molar-refractivity contribution in [3.63, 3.8) is 0 Å². The highest BCUT2D eigenvalue weighted by Crippen LogP contribution is 2.48. The molecule has 1 amide bonds. The molecular formula is C40H37FN2O4. The van der Waals surface area contributed by atoms with Crippen molar-refractivity contribution in [1.82, 2.24) is 5.32 Å². The molecule has 0 radical (unpaired) electrons. The molecule has 0 aliphatic carbocycles. The third-order valence-electron chi connectivity index (χ3n) is 8.64. The zero-order valence-electron chi connectivity index (χ0n) is 26.4. The Morgan fingerprint density at radius 2 is 1.43 bits per heavy atom. The van der Waals surface area contributed by atoms with E-state index in [-0.39, 0.29) is 25.3 Å². The Morgan fingerprint density at radius 1 is 0.830 bits per heavy atom. The predicted molar refractivity (Wildman–Crippen MR) is 180 cm³/mol. The number of nitrogens with zero attached hydrogens (tertiary/aromatic N) is 1. The first-order chi connectivity index (χ1) is 22.9. The lowest BCUT2D eigenvalue weighted by Gasteiger charge is -2.38. The van der Waals surface area contributed by atoms with Gasteiger partial charge >= 0.3 is 5.97 Å². The molecule has 7 heteroatoms. The summed E-state index contributed by atoms with van der Waals surface area (Å²) in [5.74, 6) is -1.72. The molecule has 0 saturated heterocycles. The summed E-state index contributed by atoms with van der Waals surface area (Å²) in [6.45, 7) is 3.94. The maximum absolute atomic E-state index is 15.3. The normalized spacial score (nSPS) is 16.3. The number of amides is 1. The van der Waals surface area contributed by atoms with Gasteiger partial charge in [-0.25, -0.2) is 4.39 Å². The molecule has 0 bridgehead atoms. The summed E-state index contributed by atoms with van der Waals surface area (Å²) < 4.78 is 27.8. The van der Waals surface area contributed by atoms with Crippen molar-refractivity contribution in [1.29, 1.82) is 0 Å². The lowest BCUT2D eigenvalue weighted by molar-refractivity contribution is -0.169. The highest BCUT2D eigenvalue weighted by Gasteiger charge is 2.60. The SMILES string of the molecule is CCOC(=O)C(NC(c1ccccc1)c1ccccc1)C1(OCc2ccccc2C)C(=O)N(Cc2ccccc2)c2ccc(F)cc21. The van der Waals surface area contributed by atoms with Crippen LogP contribution in [0.25, 0.3) is 0 Å². The number of halogens is 1. The Bertz CT molecular complexity index is 1790. The van der Waals surface area contributed by atoms with E-state index < -0.39 is 35.4 Å². The Kier molecular flexibility index (Phi) is 9.57. The number of carbonyl (C=O) groups excluding carboxylic acids is 2. The van der Waals surface area contributed by atoms with Gasteiger partial charge < -0.3 is 14.4 Å². The fraction of sp³-hybridized carbons (Fsp3) is 0.200. The minimum atomic E-state index is -1.98. The minimum Gasteiger partial charge on any atom is -0.465 e. The lowest BCUT2D eigenvalue weighted by Crippen LogP contribution is -2.60. The molecule has 2 atom stereocenters. The Balaban J connectivity index is 1.55. The quantitative estimate of drug-likeness (QED) is 0.146. The second-order valence-electron chi connectivity index (χ2n) is 11.6. The average molecular weight is 629 g/mol. The van der Waals surface area contributed by atoms with Crippen LogP contribution in [0.3, 0.4) is 0 Å². The van der Waals surface area contributed by atoms with Gasteiger partial charge in [-0.05, 0) is 59.9 Å². The van der Waals surface area contributed by atoms with Crippen LogP contribution in [0.4, 0.5) is 10.1 Å². The number of benzene rings is 5. The smallest absolute Gasteiger partial charge is 0.327 e. The fourth-order valence-electron chi connectivity index (χ4n) is 6.27. The molecule has 238 valence electrons. The van der Waals surface area contributed by atoms with Gasteiger partial charge in [-0.1, -0.05) is 115 Å². The number of fused-ring (bicyclic) bond motifs is 1. The first kappa shape index (κ1) is 31.9. The summed E-state index contributed by atoms with van der Waals surface area (Å²) in [4.78, 5) is 31.0. The van der Waals surface area contributed by atoms with Gasteiger partial charge in [0.2, 0.25) is 5.60 Å². The van der Waals surface area contributed by atoms with Crippen LogP contribution >= 0.6 is 0 Å². The average Bonchev–Trinajstić information content (AvgIpc) is 3.32. The van der Waals surface area contributed by atoms with E-state index in [0.29, 0.717) is 5.69 Å². The van der Waals surface area contributed by atoms with Crippen molar-refractivity contribution in [2.45, 2.75) is 44.7 Å². The van der Waals surface area contributed by atoms with Gasteiger partial charge in [-0.2, -0.15) is 0 Å². The molecule has 0 aromatic heterocycles. The summed E-state index contributed by atoms with van der Waals surface area (Å²) in [5.41, 5.74) is 3.15. The number of hydrogen-bond donors (Lipinski definition) is 1. The van der Waals surface area contributed by atoms with Crippen LogP contribution in [0, 0.1) is 12.7 Å². The first-order valence-electron chi connectivity index (χ1n) is 15.8. The van der Waals surface area contributed by atoms with Crippen LogP contribution in [0.2, 0.25) is 0 Å². The molecule has 1 aliphatic heterocycles. The number of anilines is 1. The maximum Gasteiger partial charge on any atom is 0.327 e. The summed E-state index contributed by atoms with van der Waals surface area (Å²) >= 11 is 0. The van der Waals surface area contributed by atoms with E-state index in [1.165, 1.54) is 12.1 Å². The van der Waals surface area contributed by atoms with Gasteiger partial charge in [-0.15, -0.1) is 0 Å². The topological polar surface area (TPSA) is 67.9 Å². The van der Waals surface area contributed by atoms with Crippen molar-refractivity contribution in [3.8, 4) is 0 Å². The van der Waals surface area contributed by atoms with Crippen molar-refractivity contribution in [2.24, 2.45) is 0 Å². The van der Waals surface area contributed by atoms with Crippen molar-refractivity contribution < 1.29 is 23.5 Å². The second-order valence-corrected chi connectivity index (χ2v) is 11.6. The highest BCUT2D eigenvalue weighted by molar-refractivity contribution is 6.10. The van der Waals surface area contributed by atoms with Crippen LogP contribution in [0.5, 0.6) is 0 Å². The molecule has 47 heavy (non-hydrogen) atoms. The highest BCUT2D eigenvalue weighted by atomic mass is 19.1. The third-order valence-corrected chi connectivity index (χ3v) is 8.64. The Morgan fingerprint density at radius 3 is 2.04 bits per heavy atom. The zero-order chi connectivity index (χ0) is 32.8. The molecule has 0 fully saturated rings. The summed E-state index contributed by atoms with van der Waals surface area (Å²) in [5, 5.41) is 3.51. The van der Waals surface area contributed by atoms with Gasteiger partial charge in [-0.3, -0.25) is 14.9 Å². The zero-order valence-corrected chi connectivity index (χ0v) is 26.4. The molecule has 0 spiro atoms. The van der Waals surface area contributed by atoms with Gasteiger partial charge in [0.15, 0.2) is 0 Å². The van der Waals surface area contributed by atoms with Gasteiger partial charge in [0, 0.05) is 5.56 Å². The number of aryl methyl sites for hydroxylation is 1. The van der Waals surface area contributed by atoms with E-state index in [1.54, 1.807) is 17.9 Å². The predicted octanol–water partition coefficient (Wildman–Crippen LogP) is 7.40. The summed E-state index contributed by atoms with van der Waals surface area (Å²) in [7, 11) is 0. The van der Waals surface area contributed by atoms with E-state index in [2.05, 4.69) is 5.32 Å². The van der Waals surface area contributed by atoms with E-state index in [0.717, 1.165) is 27.8 Å². The van der Waals surface area contributed by atoms with E-state index in [1.807, 2.05) is 122 Å². The molecule has 5 aromatic rings. The number of esters is 1.